The molecule has 0 bridgehead atoms. The minimum absolute atomic E-state index is 0.0537. The summed E-state index contributed by atoms with van der Waals surface area (Å²) in [6.45, 7) is 8.37. The molecule has 0 aliphatic heterocycles. The highest BCUT2D eigenvalue weighted by Gasteiger charge is 2.07. The molecule has 0 spiro atoms. The van der Waals surface area contributed by atoms with Gasteiger partial charge in [0.25, 0.3) is 5.09 Å². The number of anilines is 1. The molecule has 1 aromatic rings. The second-order valence-electron chi connectivity index (χ2n) is 4.06. The lowest BCUT2D eigenvalue weighted by Crippen LogP contribution is -2.33. The van der Waals surface area contributed by atoms with Gasteiger partial charge < -0.3 is 10.5 Å². The maximum atomic E-state index is 11.7. The van der Waals surface area contributed by atoms with Crippen molar-refractivity contribution in [2.24, 2.45) is 0 Å². The largest absolute Gasteiger partial charge is 0.328 e. The highest BCUT2D eigenvalue weighted by Crippen LogP contribution is 2.12. The second kappa shape index (κ2) is 9.74. The maximum absolute atomic E-state index is 11.7. The SMILES string of the molecule is CCN(CC)CC(=O)Nc1ccccc1C.O=[N+]([O-])O. The van der Waals surface area contributed by atoms with E-state index < -0.39 is 5.09 Å². The van der Waals surface area contributed by atoms with Crippen LogP contribution >= 0.6 is 0 Å². The Hall–Kier alpha value is -2.15. The van der Waals surface area contributed by atoms with Crippen LogP contribution in [0.25, 0.3) is 0 Å². The first-order valence-electron chi connectivity index (χ1n) is 6.31. The standard InChI is InChI=1S/C13H20N2O.HNO3/c1-4-15(5-2)10-13(16)14-12-9-7-6-8-11(12)3;2-1(3)4/h6-9H,4-5,10H2,1-3H3,(H,14,16);(H,2,3,4). The molecule has 2 N–H and O–H groups in total. The van der Waals surface area contributed by atoms with Crippen LogP contribution in [-0.4, -0.2) is 40.7 Å². The van der Waals surface area contributed by atoms with Crippen LogP contribution in [0.2, 0.25) is 0 Å². The molecule has 0 atom stereocenters. The van der Waals surface area contributed by atoms with Crippen molar-refractivity contribution in [3.63, 3.8) is 0 Å². The van der Waals surface area contributed by atoms with Gasteiger partial charge in [0.05, 0.1) is 6.54 Å². The average Bonchev–Trinajstić information content (AvgIpc) is 2.38. The third-order valence-electron chi connectivity index (χ3n) is 2.68. The molecule has 0 aliphatic rings. The Bertz CT molecular complexity index is 429. The summed E-state index contributed by atoms with van der Waals surface area (Å²) in [5.74, 6) is 0.0537. The van der Waals surface area contributed by atoms with Crippen molar-refractivity contribution in [3.8, 4) is 0 Å². The number of para-hydroxylation sites is 1. The highest BCUT2D eigenvalue weighted by atomic mass is 16.9. The van der Waals surface area contributed by atoms with Crippen molar-refractivity contribution >= 4 is 11.6 Å². The van der Waals surface area contributed by atoms with E-state index in [-0.39, 0.29) is 5.91 Å². The van der Waals surface area contributed by atoms with Gasteiger partial charge in [0.1, 0.15) is 0 Å². The molecule has 1 aromatic carbocycles. The number of amides is 1. The first kappa shape index (κ1) is 17.8. The second-order valence-corrected chi connectivity index (χ2v) is 4.06. The van der Waals surface area contributed by atoms with Gasteiger partial charge >= 0.3 is 0 Å². The predicted molar refractivity (Wildman–Crippen MR) is 76.4 cm³/mol. The Morgan fingerprint density at radius 3 is 2.30 bits per heavy atom. The van der Waals surface area contributed by atoms with Crippen molar-refractivity contribution in [1.29, 1.82) is 0 Å². The number of benzene rings is 1. The maximum Gasteiger partial charge on any atom is 0.291 e. The lowest BCUT2D eigenvalue weighted by molar-refractivity contribution is -0.742. The molecule has 7 nitrogen and oxygen atoms in total. The first-order valence-corrected chi connectivity index (χ1v) is 6.31. The lowest BCUT2D eigenvalue weighted by atomic mass is 10.2. The van der Waals surface area contributed by atoms with Gasteiger partial charge in [-0.15, -0.1) is 10.1 Å². The van der Waals surface area contributed by atoms with Crippen molar-refractivity contribution in [1.82, 2.24) is 4.90 Å². The van der Waals surface area contributed by atoms with Gasteiger partial charge in [-0.3, -0.25) is 9.69 Å². The Morgan fingerprint density at radius 2 is 1.85 bits per heavy atom. The summed E-state index contributed by atoms with van der Waals surface area (Å²) in [7, 11) is 0. The number of rotatable bonds is 5. The van der Waals surface area contributed by atoms with Gasteiger partial charge in [-0.2, -0.15) is 0 Å². The fraction of sp³-hybridized carbons (Fsp3) is 0.462. The summed E-state index contributed by atoms with van der Waals surface area (Å²) in [6.07, 6.45) is 0. The van der Waals surface area contributed by atoms with Crippen molar-refractivity contribution < 1.29 is 15.1 Å². The van der Waals surface area contributed by atoms with E-state index in [1.165, 1.54) is 0 Å². The fourth-order valence-electron chi connectivity index (χ4n) is 1.55. The molecule has 0 saturated heterocycles. The number of nitrogens with zero attached hydrogens (tertiary/aromatic N) is 2. The molecule has 112 valence electrons. The van der Waals surface area contributed by atoms with Gasteiger partial charge in [-0.25, -0.2) is 0 Å². The molecule has 0 heterocycles. The number of likely N-dealkylation sites (N-methyl/N-ethyl adjacent to an activating group) is 1. The molecule has 0 unspecified atom stereocenters. The van der Waals surface area contributed by atoms with Crippen LogP contribution in [0, 0.1) is 17.0 Å². The van der Waals surface area contributed by atoms with Crippen LogP contribution in [-0.2, 0) is 4.79 Å². The fourth-order valence-corrected chi connectivity index (χ4v) is 1.55. The summed E-state index contributed by atoms with van der Waals surface area (Å²) >= 11 is 0. The molecule has 1 rings (SSSR count). The zero-order valence-electron chi connectivity index (χ0n) is 12.0. The molecule has 0 aliphatic carbocycles. The summed E-state index contributed by atoms with van der Waals surface area (Å²) in [4.78, 5) is 22.2. The number of aryl methyl sites for hydroxylation is 1. The number of hydrogen-bond donors (Lipinski definition) is 2. The van der Waals surface area contributed by atoms with Gasteiger partial charge in [-0.05, 0) is 31.6 Å². The molecular weight excluding hydrogens is 262 g/mol. The van der Waals surface area contributed by atoms with Crippen molar-refractivity contribution in [2.75, 3.05) is 25.0 Å². The Morgan fingerprint density at radius 1 is 1.35 bits per heavy atom. The Balaban J connectivity index is 0.000000796. The van der Waals surface area contributed by atoms with Crippen molar-refractivity contribution in [2.45, 2.75) is 20.8 Å². The van der Waals surface area contributed by atoms with Gasteiger partial charge in [-0.1, -0.05) is 32.0 Å². The van der Waals surface area contributed by atoms with Crippen LogP contribution in [0.5, 0.6) is 0 Å². The van der Waals surface area contributed by atoms with E-state index in [2.05, 4.69) is 24.1 Å². The van der Waals surface area contributed by atoms with E-state index in [0.29, 0.717) is 6.54 Å². The summed E-state index contributed by atoms with van der Waals surface area (Å²) in [5.41, 5.74) is 2.00. The molecule has 0 saturated carbocycles. The predicted octanol–water partition coefficient (Wildman–Crippen LogP) is 1.93. The number of carbonyl (C=O) groups is 1. The molecule has 7 heteroatoms. The zero-order chi connectivity index (χ0) is 15.5. The van der Waals surface area contributed by atoms with Crippen LogP contribution in [0.1, 0.15) is 19.4 Å². The highest BCUT2D eigenvalue weighted by molar-refractivity contribution is 5.92. The van der Waals surface area contributed by atoms with E-state index in [0.717, 1.165) is 24.3 Å². The quantitative estimate of drug-likeness (QED) is 0.636. The van der Waals surface area contributed by atoms with Gasteiger partial charge in [0.15, 0.2) is 0 Å². The van der Waals surface area contributed by atoms with E-state index in [4.69, 9.17) is 15.3 Å². The average molecular weight is 283 g/mol. The number of hydrogen-bond acceptors (Lipinski definition) is 4. The van der Waals surface area contributed by atoms with E-state index in [9.17, 15) is 4.79 Å². The summed E-state index contributed by atoms with van der Waals surface area (Å²) < 4.78 is 0. The monoisotopic (exact) mass is 283 g/mol. The first-order chi connectivity index (χ1) is 9.40. The molecule has 20 heavy (non-hydrogen) atoms. The summed E-state index contributed by atoms with van der Waals surface area (Å²) in [6, 6.07) is 7.82. The van der Waals surface area contributed by atoms with Crippen LogP contribution < -0.4 is 5.32 Å². The topological polar surface area (TPSA) is 95.7 Å². The van der Waals surface area contributed by atoms with Gasteiger partial charge in [0.2, 0.25) is 5.91 Å². The number of carbonyl (C=O) groups excluding carboxylic acids is 1. The minimum Gasteiger partial charge on any atom is -0.328 e. The summed E-state index contributed by atoms with van der Waals surface area (Å²) in [5, 5.41) is 16.6. The molecule has 0 aromatic heterocycles. The molecular formula is C13H21N3O4. The molecule has 0 radical (unpaired) electrons. The third-order valence-corrected chi connectivity index (χ3v) is 2.68. The molecule has 0 fully saturated rings. The third kappa shape index (κ3) is 8.04. The van der Waals surface area contributed by atoms with Gasteiger partial charge in [0, 0.05) is 5.69 Å². The normalized spacial score (nSPS) is 9.60. The van der Waals surface area contributed by atoms with E-state index in [1.807, 2.05) is 31.2 Å². The van der Waals surface area contributed by atoms with Crippen LogP contribution in [0.4, 0.5) is 5.69 Å². The van der Waals surface area contributed by atoms with Crippen LogP contribution in [0.3, 0.4) is 0 Å². The van der Waals surface area contributed by atoms with E-state index >= 15 is 0 Å². The van der Waals surface area contributed by atoms with E-state index in [1.54, 1.807) is 0 Å². The smallest absolute Gasteiger partial charge is 0.291 e. The van der Waals surface area contributed by atoms with Crippen LogP contribution in [0.15, 0.2) is 24.3 Å². The minimum atomic E-state index is -1.50. The number of nitrogens with one attached hydrogen (secondary N) is 1. The Labute approximate surface area is 118 Å². The molecule has 1 amide bonds. The lowest BCUT2D eigenvalue weighted by Gasteiger charge is -2.17. The Kier molecular flexibility index (Phi) is 8.69. The van der Waals surface area contributed by atoms with Crippen molar-refractivity contribution in [3.05, 3.63) is 39.9 Å². The zero-order valence-corrected chi connectivity index (χ0v) is 12.0.